The highest BCUT2D eigenvalue weighted by Crippen LogP contribution is 2.21. The average Bonchev–Trinajstić information content (AvgIpc) is 2.36. The number of hydrogen-bond acceptors (Lipinski definition) is 3. The standard InChI is InChI=1S/C14H18Cl2N2O2/c1-17-2-4-18(5-3-17)13(14(19)20)8-10-6-11(15)9-12(16)7-10/h6-7,9,13H,2-5,8H2,1H3,(H,19,20)/t13-/m0/s1. The van der Waals surface area contributed by atoms with Crippen molar-refractivity contribution in [1.82, 2.24) is 9.80 Å². The summed E-state index contributed by atoms with van der Waals surface area (Å²) >= 11 is 11.9. The first-order chi connectivity index (χ1) is 9.45. The third kappa shape index (κ3) is 4.09. The number of piperazine rings is 1. The van der Waals surface area contributed by atoms with Crippen molar-refractivity contribution < 1.29 is 9.90 Å². The van der Waals surface area contributed by atoms with E-state index in [0.29, 0.717) is 16.5 Å². The zero-order valence-corrected chi connectivity index (χ0v) is 12.9. The quantitative estimate of drug-likeness (QED) is 0.925. The Hall–Kier alpha value is -0.810. The Bertz CT molecular complexity index is 468. The summed E-state index contributed by atoms with van der Waals surface area (Å²) in [6.07, 6.45) is 0.416. The molecule has 4 nitrogen and oxygen atoms in total. The summed E-state index contributed by atoms with van der Waals surface area (Å²) in [5.74, 6) is -0.800. The average molecular weight is 317 g/mol. The summed E-state index contributed by atoms with van der Waals surface area (Å²) < 4.78 is 0. The van der Waals surface area contributed by atoms with E-state index in [1.165, 1.54) is 0 Å². The van der Waals surface area contributed by atoms with E-state index in [-0.39, 0.29) is 0 Å². The molecule has 1 N–H and O–H groups in total. The van der Waals surface area contributed by atoms with E-state index in [2.05, 4.69) is 4.90 Å². The molecule has 0 saturated carbocycles. The molecule has 1 aliphatic rings. The highest BCUT2D eigenvalue weighted by atomic mass is 35.5. The van der Waals surface area contributed by atoms with Crippen LogP contribution in [-0.4, -0.2) is 60.1 Å². The highest BCUT2D eigenvalue weighted by Gasteiger charge is 2.28. The molecule has 0 bridgehead atoms. The van der Waals surface area contributed by atoms with Gasteiger partial charge in [-0.25, -0.2) is 0 Å². The summed E-state index contributed by atoms with van der Waals surface area (Å²) in [5, 5.41) is 10.5. The molecule has 0 amide bonds. The van der Waals surface area contributed by atoms with Crippen molar-refractivity contribution in [1.29, 1.82) is 0 Å². The van der Waals surface area contributed by atoms with E-state index in [0.717, 1.165) is 31.7 Å². The zero-order chi connectivity index (χ0) is 14.7. The molecular formula is C14H18Cl2N2O2. The lowest BCUT2D eigenvalue weighted by molar-refractivity contribution is -0.144. The number of halogens is 2. The number of hydrogen-bond donors (Lipinski definition) is 1. The van der Waals surface area contributed by atoms with Crippen molar-refractivity contribution in [3.8, 4) is 0 Å². The van der Waals surface area contributed by atoms with Crippen LogP contribution in [0.4, 0.5) is 0 Å². The third-order valence-electron chi connectivity index (χ3n) is 3.62. The fraction of sp³-hybridized carbons (Fsp3) is 0.500. The lowest BCUT2D eigenvalue weighted by Crippen LogP contribution is -2.52. The Morgan fingerprint density at radius 2 is 1.75 bits per heavy atom. The van der Waals surface area contributed by atoms with Gasteiger partial charge in [0.2, 0.25) is 0 Å². The lowest BCUT2D eigenvalue weighted by Gasteiger charge is -2.36. The van der Waals surface area contributed by atoms with Gasteiger partial charge in [0, 0.05) is 36.2 Å². The van der Waals surface area contributed by atoms with Gasteiger partial charge in [0.05, 0.1) is 0 Å². The molecule has 1 aromatic rings. The summed E-state index contributed by atoms with van der Waals surface area (Å²) in [4.78, 5) is 15.7. The monoisotopic (exact) mass is 316 g/mol. The number of carboxylic acids is 1. The van der Waals surface area contributed by atoms with E-state index >= 15 is 0 Å². The van der Waals surface area contributed by atoms with Crippen LogP contribution in [0.25, 0.3) is 0 Å². The van der Waals surface area contributed by atoms with Crippen LogP contribution in [0.3, 0.4) is 0 Å². The second-order valence-corrected chi connectivity index (χ2v) is 6.05. The first kappa shape index (κ1) is 15.6. The maximum atomic E-state index is 11.5. The molecular weight excluding hydrogens is 299 g/mol. The molecule has 1 aliphatic heterocycles. The summed E-state index contributed by atoms with van der Waals surface area (Å²) in [7, 11) is 2.05. The Kier molecular flexibility index (Phi) is 5.27. The molecule has 2 rings (SSSR count). The highest BCUT2D eigenvalue weighted by molar-refractivity contribution is 6.34. The van der Waals surface area contributed by atoms with Gasteiger partial charge in [-0.15, -0.1) is 0 Å². The topological polar surface area (TPSA) is 43.8 Å². The van der Waals surface area contributed by atoms with Crippen LogP contribution in [0.2, 0.25) is 10.0 Å². The first-order valence-electron chi connectivity index (χ1n) is 6.56. The van der Waals surface area contributed by atoms with E-state index in [1.54, 1.807) is 18.2 Å². The lowest BCUT2D eigenvalue weighted by atomic mass is 10.0. The van der Waals surface area contributed by atoms with Gasteiger partial charge in [-0.1, -0.05) is 23.2 Å². The molecule has 0 unspecified atom stereocenters. The van der Waals surface area contributed by atoms with Gasteiger partial charge in [-0.3, -0.25) is 9.69 Å². The van der Waals surface area contributed by atoms with Crippen molar-refractivity contribution in [2.24, 2.45) is 0 Å². The second kappa shape index (κ2) is 6.76. The van der Waals surface area contributed by atoms with Crippen molar-refractivity contribution in [3.05, 3.63) is 33.8 Å². The summed E-state index contributed by atoms with van der Waals surface area (Å²) in [6, 6.07) is 4.68. The number of rotatable bonds is 4. The molecule has 0 aromatic heterocycles. The largest absolute Gasteiger partial charge is 0.480 e. The van der Waals surface area contributed by atoms with Crippen LogP contribution in [0.1, 0.15) is 5.56 Å². The SMILES string of the molecule is CN1CCN([C@@H](Cc2cc(Cl)cc(Cl)c2)C(=O)O)CC1. The van der Waals surface area contributed by atoms with Crippen molar-refractivity contribution in [3.63, 3.8) is 0 Å². The number of benzene rings is 1. The van der Waals surface area contributed by atoms with Crippen molar-refractivity contribution in [2.75, 3.05) is 33.2 Å². The van der Waals surface area contributed by atoms with E-state index in [4.69, 9.17) is 23.2 Å². The van der Waals surface area contributed by atoms with Gasteiger partial charge in [0.15, 0.2) is 0 Å². The summed E-state index contributed by atoms with van der Waals surface area (Å²) in [5.41, 5.74) is 0.855. The third-order valence-corrected chi connectivity index (χ3v) is 4.05. The predicted octanol–water partition coefficient (Wildman–Crippen LogP) is 2.24. The van der Waals surface area contributed by atoms with Crippen LogP contribution in [0.15, 0.2) is 18.2 Å². The second-order valence-electron chi connectivity index (χ2n) is 5.18. The number of carbonyl (C=O) groups is 1. The van der Waals surface area contributed by atoms with Crippen LogP contribution >= 0.6 is 23.2 Å². The van der Waals surface area contributed by atoms with Gasteiger partial charge in [-0.05, 0) is 37.2 Å². The van der Waals surface area contributed by atoms with Crippen molar-refractivity contribution >= 4 is 29.2 Å². The molecule has 0 radical (unpaired) electrons. The van der Waals surface area contributed by atoms with Crippen LogP contribution < -0.4 is 0 Å². The summed E-state index contributed by atoms with van der Waals surface area (Å²) in [6.45, 7) is 3.31. The molecule has 6 heteroatoms. The van der Waals surface area contributed by atoms with Crippen molar-refractivity contribution in [2.45, 2.75) is 12.5 Å². The minimum Gasteiger partial charge on any atom is -0.480 e. The minimum absolute atomic E-state index is 0.416. The maximum Gasteiger partial charge on any atom is 0.321 e. The maximum absolute atomic E-state index is 11.5. The fourth-order valence-corrected chi connectivity index (χ4v) is 3.03. The predicted molar refractivity (Wildman–Crippen MR) is 80.7 cm³/mol. The molecule has 1 atom stereocenters. The molecule has 20 heavy (non-hydrogen) atoms. The molecule has 1 aromatic carbocycles. The molecule has 0 spiro atoms. The smallest absolute Gasteiger partial charge is 0.321 e. The first-order valence-corrected chi connectivity index (χ1v) is 7.31. The number of aliphatic carboxylic acids is 1. The van der Waals surface area contributed by atoms with Gasteiger partial charge in [-0.2, -0.15) is 0 Å². The van der Waals surface area contributed by atoms with Gasteiger partial charge < -0.3 is 10.0 Å². The number of carboxylic acid groups (broad SMARTS) is 1. The molecule has 1 fully saturated rings. The van der Waals surface area contributed by atoms with E-state index in [1.807, 2.05) is 11.9 Å². The molecule has 1 heterocycles. The fourth-order valence-electron chi connectivity index (χ4n) is 2.46. The Morgan fingerprint density at radius 1 is 1.20 bits per heavy atom. The van der Waals surface area contributed by atoms with Crippen LogP contribution in [0, 0.1) is 0 Å². The zero-order valence-electron chi connectivity index (χ0n) is 11.4. The normalized spacial score (nSPS) is 18.9. The minimum atomic E-state index is -0.800. The number of nitrogens with zero attached hydrogens (tertiary/aromatic N) is 2. The van der Waals surface area contributed by atoms with Crippen LogP contribution in [-0.2, 0) is 11.2 Å². The molecule has 0 aliphatic carbocycles. The number of likely N-dealkylation sites (N-methyl/N-ethyl adjacent to an activating group) is 1. The Labute approximate surface area is 128 Å². The van der Waals surface area contributed by atoms with E-state index in [9.17, 15) is 9.90 Å². The Morgan fingerprint density at radius 3 is 2.25 bits per heavy atom. The van der Waals surface area contributed by atoms with E-state index < -0.39 is 12.0 Å². The molecule has 110 valence electrons. The van der Waals surface area contributed by atoms with Gasteiger partial charge in [0.25, 0.3) is 0 Å². The molecule has 1 saturated heterocycles. The van der Waals surface area contributed by atoms with Gasteiger partial charge in [0.1, 0.15) is 6.04 Å². The van der Waals surface area contributed by atoms with Gasteiger partial charge >= 0.3 is 5.97 Å². The Balaban J connectivity index is 2.11. The van der Waals surface area contributed by atoms with Crippen LogP contribution in [0.5, 0.6) is 0 Å².